The summed E-state index contributed by atoms with van der Waals surface area (Å²) in [6, 6.07) is 7.95. The van der Waals surface area contributed by atoms with Gasteiger partial charge in [0.1, 0.15) is 11.4 Å². The van der Waals surface area contributed by atoms with Crippen LogP contribution in [0, 0.1) is 0 Å². The van der Waals surface area contributed by atoms with E-state index in [1.165, 1.54) is 0 Å². The molecule has 0 fully saturated rings. The molecular formula is C20H34N4O3. The van der Waals surface area contributed by atoms with Gasteiger partial charge in [0.2, 0.25) is 0 Å². The van der Waals surface area contributed by atoms with Crippen molar-refractivity contribution in [2.24, 2.45) is 4.99 Å². The second-order valence-electron chi connectivity index (χ2n) is 7.93. The van der Waals surface area contributed by atoms with Gasteiger partial charge >= 0.3 is 6.09 Å². The number of aliphatic imine (C=N–C) groups is 1. The number of nitrogens with one attached hydrogen (secondary N) is 3. The fourth-order valence-electron chi connectivity index (χ4n) is 2.37. The van der Waals surface area contributed by atoms with Gasteiger partial charge in [0.05, 0.1) is 12.6 Å². The predicted octanol–water partition coefficient (Wildman–Crippen LogP) is 2.71. The molecule has 1 amide bonds. The maximum Gasteiger partial charge on any atom is 0.408 e. The molecule has 0 saturated carbocycles. The lowest BCUT2D eigenvalue weighted by atomic mass is 10.1. The average molecular weight is 379 g/mol. The van der Waals surface area contributed by atoms with Crippen LogP contribution in [0.1, 0.15) is 40.2 Å². The Hall–Kier alpha value is -2.44. The number of ether oxygens (including phenoxy) is 2. The molecule has 7 heteroatoms. The average Bonchev–Trinajstić information content (AvgIpc) is 2.55. The number of rotatable bonds is 7. The molecule has 0 bridgehead atoms. The maximum absolute atomic E-state index is 12.0. The minimum Gasteiger partial charge on any atom is -0.496 e. The third-order valence-corrected chi connectivity index (χ3v) is 3.64. The lowest BCUT2D eigenvalue weighted by Crippen LogP contribution is -2.54. The number of amides is 1. The number of hydrogen-bond donors (Lipinski definition) is 3. The normalized spacial score (nSPS) is 12.3. The first-order valence-electron chi connectivity index (χ1n) is 9.14. The highest BCUT2D eigenvalue weighted by atomic mass is 16.6. The summed E-state index contributed by atoms with van der Waals surface area (Å²) in [6.45, 7) is 10.6. The number of carbonyl (C=O) groups is 1. The number of nitrogens with zero attached hydrogens (tertiary/aromatic N) is 1. The molecule has 152 valence electrons. The highest BCUT2D eigenvalue weighted by Crippen LogP contribution is 2.17. The molecule has 0 aliphatic heterocycles. The molecule has 1 aromatic carbocycles. The van der Waals surface area contributed by atoms with Gasteiger partial charge in [0.25, 0.3) is 0 Å². The van der Waals surface area contributed by atoms with E-state index in [0.717, 1.165) is 17.7 Å². The number of alkyl carbamates (subject to hydrolysis) is 1. The van der Waals surface area contributed by atoms with Crippen LogP contribution >= 0.6 is 0 Å². The molecule has 0 heterocycles. The van der Waals surface area contributed by atoms with Crippen molar-refractivity contribution >= 4 is 12.1 Å². The minimum atomic E-state index is -0.524. The number of methoxy groups -OCH3 is 1. The Morgan fingerprint density at radius 1 is 1.11 bits per heavy atom. The highest BCUT2D eigenvalue weighted by molar-refractivity contribution is 5.79. The second-order valence-corrected chi connectivity index (χ2v) is 7.93. The summed E-state index contributed by atoms with van der Waals surface area (Å²) in [5.74, 6) is 1.55. The largest absolute Gasteiger partial charge is 0.496 e. The molecule has 0 aliphatic carbocycles. The predicted molar refractivity (Wildman–Crippen MR) is 110 cm³/mol. The maximum atomic E-state index is 12.0. The van der Waals surface area contributed by atoms with Gasteiger partial charge in [-0.15, -0.1) is 0 Å². The van der Waals surface area contributed by atoms with Crippen LogP contribution in [0.25, 0.3) is 0 Å². The van der Waals surface area contributed by atoms with E-state index in [1.807, 2.05) is 58.9 Å². The molecule has 0 spiro atoms. The zero-order valence-corrected chi connectivity index (χ0v) is 17.6. The summed E-state index contributed by atoms with van der Waals surface area (Å²) < 4.78 is 10.7. The fraction of sp³-hybridized carbons (Fsp3) is 0.600. The lowest BCUT2D eigenvalue weighted by molar-refractivity contribution is 0.0474. The fourth-order valence-corrected chi connectivity index (χ4v) is 2.37. The Morgan fingerprint density at radius 3 is 2.37 bits per heavy atom. The molecule has 0 saturated heterocycles. The van der Waals surface area contributed by atoms with E-state index in [1.54, 1.807) is 14.2 Å². The zero-order chi connectivity index (χ0) is 20.5. The van der Waals surface area contributed by atoms with Crippen molar-refractivity contribution in [3.8, 4) is 5.75 Å². The van der Waals surface area contributed by atoms with Crippen LogP contribution in [-0.4, -0.2) is 50.4 Å². The van der Waals surface area contributed by atoms with Crippen molar-refractivity contribution in [2.75, 3.05) is 27.2 Å². The molecule has 0 unspecified atom stereocenters. The van der Waals surface area contributed by atoms with E-state index < -0.39 is 17.2 Å². The van der Waals surface area contributed by atoms with E-state index in [4.69, 9.17) is 9.47 Å². The summed E-state index contributed by atoms with van der Waals surface area (Å²) in [5.41, 5.74) is 0.113. The summed E-state index contributed by atoms with van der Waals surface area (Å²) in [4.78, 5) is 16.2. The lowest BCUT2D eigenvalue weighted by Gasteiger charge is -2.29. The topological polar surface area (TPSA) is 84.0 Å². The van der Waals surface area contributed by atoms with Gasteiger partial charge < -0.3 is 25.4 Å². The van der Waals surface area contributed by atoms with E-state index in [2.05, 4.69) is 20.9 Å². The summed E-state index contributed by atoms with van der Waals surface area (Å²) in [6.07, 6.45) is 0.373. The summed E-state index contributed by atoms with van der Waals surface area (Å²) in [5, 5.41) is 9.37. The Kier molecular flexibility index (Phi) is 8.40. The molecule has 0 aromatic heterocycles. The molecule has 0 atom stereocenters. The standard InChI is InChI=1S/C20H34N4O3/c1-19(2,3)27-18(25)24-20(4,5)14-23-17(21-6)22-13-12-15-10-8-9-11-16(15)26-7/h8-11H,12-14H2,1-7H3,(H,24,25)(H2,21,22,23). The first-order valence-corrected chi connectivity index (χ1v) is 9.14. The molecule has 0 aliphatic rings. The Balaban J connectivity index is 2.45. The van der Waals surface area contributed by atoms with Crippen LogP contribution in [0.5, 0.6) is 5.75 Å². The SMILES string of the molecule is CN=C(NCCc1ccccc1OC)NCC(C)(C)NC(=O)OC(C)(C)C. The van der Waals surface area contributed by atoms with Crippen molar-refractivity contribution in [1.29, 1.82) is 0 Å². The van der Waals surface area contributed by atoms with Crippen molar-refractivity contribution in [2.45, 2.75) is 52.2 Å². The van der Waals surface area contributed by atoms with E-state index in [0.29, 0.717) is 19.0 Å². The highest BCUT2D eigenvalue weighted by Gasteiger charge is 2.24. The first kappa shape index (κ1) is 22.6. The van der Waals surface area contributed by atoms with Gasteiger partial charge in [-0.25, -0.2) is 4.79 Å². The number of para-hydroxylation sites is 1. The molecule has 7 nitrogen and oxygen atoms in total. The van der Waals surface area contributed by atoms with Crippen LogP contribution in [0.2, 0.25) is 0 Å². The molecule has 1 rings (SSSR count). The second kappa shape index (κ2) is 10.0. The minimum absolute atomic E-state index is 0.437. The van der Waals surface area contributed by atoms with Gasteiger partial charge in [-0.1, -0.05) is 18.2 Å². The summed E-state index contributed by atoms with van der Waals surface area (Å²) in [7, 11) is 3.39. The molecule has 3 N–H and O–H groups in total. The number of hydrogen-bond acceptors (Lipinski definition) is 4. The quantitative estimate of drug-likeness (QED) is 0.502. The van der Waals surface area contributed by atoms with Crippen LogP contribution < -0.4 is 20.7 Å². The molecule has 27 heavy (non-hydrogen) atoms. The first-order chi connectivity index (χ1) is 12.6. The zero-order valence-electron chi connectivity index (χ0n) is 17.6. The number of guanidine groups is 1. The van der Waals surface area contributed by atoms with Crippen LogP contribution in [-0.2, 0) is 11.2 Å². The summed E-state index contributed by atoms with van der Waals surface area (Å²) >= 11 is 0. The monoisotopic (exact) mass is 378 g/mol. The van der Waals surface area contributed by atoms with Gasteiger partial charge in [-0.3, -0.25) is 4.99 Å². The van der Waals surface area contributed by atoms with Gasteiger partial charge in [0.15, 0.2) is 5.96 Å². The van der Waals surface area contributed by atoms with Gasteiger partial charge in [0, 0.05) is 20.1 Å². The van der Waals surface area contributed by atoms with Crippen molar-refractivity contribution < 1.29 is 14.3 Å². The molecule has 1 aromatic rings. The Morgan fingerprint density at radius 2 is 1.78 bits per heavy atom. The van der Waals surface area contributed by atoms with E-state index in [9.17, 15) is 4.79 Å². The van der Waals surface area contributed by atoms with Crippen LogP contribution in [0.15, 0.2) is 29.3 Å². The van der Waals surface area contributed by atoms with Gasteiger partial charge in [-0.05, 0) is 52.7 Å². The molecular weight excluding hydrogens is 344 g/mol. The molecule has 0 radical (unpaired) electrons. The third-order valence-electron chi connectivity index (χ3n) is 3.64. The Labute approximate surface area is 162 Å². The van der Waals surface area contributed by atoms with Gasteiger partial charge in [-0.2, -0.15) is 0 Å². The third kappa shape index (κ3) is 9.17. The van der Waals surface area contributed by atoms with Crippen molar-refractivity contribution in [3.05, 3.63) is 29.8 Å². The number of carbonyl (C=O) groups excluding carboxylic acids is 1. The van der Waals surface area contributed by atoms with E-state index >= 15 is 0 Å². The van der Waals surface area contributed by atoms with E-state index in [-0.39, 0.29) is 0 Å². The van der Waals surface area contributed by atoms with Crippen molar-refractivity contribution in [1.82, 2.24) is 16.0 Å². The number of benzene rings is 1. The van der Waals surface area contributed by atoms with Crippen molar-refractivity contribution in [3.63, 3.8) is 0 Å². The van der Waals surface area contributed by atoms with Crippen LogP contribution in [0.3, 0.4) is 0 Å². The smallest absolute Gasteiger partial charge is 0.408 e. The Bertz CT molecular complexity index is 636. The van der Waals surface area contributed by atoms with Crippen LogP contribution in [0.4, 0.5) is 4.79 Å².